The van der Waals surface area contributed by atoms with E-state index in [0.29, 0.717) is 0 Å². The Balaban J connectivity index is 7.06. The van der Waals surface area contributed by atoms with Gasteiger partial charge in [0, 0.05) is 36.1 Å². The monoisotopic (exact) mass is 1830 g/mol. The van der Waals surface area contributed by atoms with E-state index in [0.717, 1.165) is 0 Å². The van der Waals surface area contributed by atoms with Crippen LogP contribution in [0, 0.1) is 0 Å². The first-order valence-electron chi connectivity index (χ1n) is 6.59. The first-order valence-corrected chi connectivity index (χ1v) is 24.0. The predicted octanol–water partition coefficient (Wildman–Crippen LogP) is 15.6. The molecule has 198 valence electrons. The lowest BCUT2D eigenvalue weighted by molar-refractivity contribution is 0.565. The van der Waals surface area contributed by atoms with Crippen LogP contribution in [0.2, 0.25) is 0 Å². The molecule has 0 aliphatic rings. The summed E-state index contributed by atoms with van der Waals surface area (Å²) in [5.41, 5.74) is 0. The molecule has 0 fully saturated rings. The Hall–Kier alpha value is 10.1. The summed E-state index contributed by atoms with van der Waals surface area (Å²) in [4.78, 5) is 0. The second-order valence-electron chi connectivity index (χ2n) is 5.69. The summed E-state index contributed by atoms with van der Waals surface area (Å²) < 4.78 is 0.878. The van der Waals surface area contributed by atoms with Gasteiger partial charge in [0.25, 0.3) is 0 Å². The molecular formula is C10Br21OS+. The van der Waals surface area contributed by atoms with Crippen LogP contribution in [0.1, 0.15) is 0 Å². The molecule has 0 heterocycles. The van der Waals surface area contributed by atoms with Crippen LogP contribution in [0.5, 0.6) is 0 Å². The summed E-state index contributed by atoms with van der Waals surface area (Å²) in [6.45, 7) is 0. The highest BCUT2D eigenvalue weighted by Gasteiger charge is 2.81. The van der Waals surface area contributed by atoms with Gasteiger partial charge >= 0.3 is 14.2 Å². The van der Waals surface area contributed by atoms with E-state index in [1.807, 2.05) is 0 Å². The van der Waals surface area contributed by atoms with Crippen LogP contribution in [0.4, 0.5) is 0 Å². The Bertz CT molecular complexity index is 747. The van der Waals surface area contributed by atoms with Gasteiger partial charge in [-0.1, -0.05) is 303 Å². The van der Waals surface area contributed by atoms with Crippen LogP contribution in [0.15, 0.2) is 0 Å². The van der Waals surface area contributed by atoms with E-state index >= 15 is 0 Å². The normalized spacial score (nSPS) is 16.8. The minimum Gasteiger partial charge on any atom is -0.0675 e. The van der Waals surface area contributed by atoms with Crippen LogP contribution in [-0.4, -0.2) is 30.6 Å². The van der Waals surface area contributed by atoms with E-state index in [4.69, 9.17) is 0 Å². The third-order valence-corrected chi connectivity index (χ3v) is 47.6. The fraction of sp³-hybridized carbons (Fsp3) is 1.00. The molecule has 0 aliphatic carbocycles. The fourth-order valence-electron chi connectivity index (χ4n) is 1.60. The highest BCUT2D eigenvalue weighted by molar-refractivity contribution is 9.42. The molecule has 0 spiro atoms. The van der Waals surface area contributed by atoms with Crippen molar-refractivity contribution >= 4 is 346 Å². The zero-order valence-corrected chi connectivity index (χ0v) is 47.9. The lowest BCUT2D eigenvalue weighted by Gasteiger charge is -2.58. The number of rotatable bonds is 9. The van der Waals surface area contributed by atoms with Crippen LogP contribution < -0.4 is 0 Å². The molecule has 0 N–H and O–H groups in total. The topological polar surface area (TPSA) is 17.1 Å². The lowest BCUT2D eigenvalue weighted by atomic mass is 10.1. The minimum absolute atomic E-state index is 0.283. The molecule has 0 aromatic carbocycles. The lowest BCUT2D eigenvalue weighted by Crippen LogP contribution is -2.70. The van der Waals surface area contributed by atoms with Crippen molar-refractivity contribution in [3.63, 3.8) is 0 Å². The van der Waals surface area contributed by atoms with Gasteiger partial charge < -0.3 is 0 Å². The summed E-state index contributed by atoms with van der Waals surface area (Å²) in [6, 6.07) is 0. The molecule has 33 heavy (non-hydrogen) atoms. The SMILES string of the molecule is O=[S+]C(Br)(Br)C(Br)(Br)C(Br)(Br)C(Br)(Br)C(Br)(Br)C(Br)(Br)C(Br)(Br)C(Br)(Br)C(Br)(Br)C(Br)(Br)Br. The minimum atomic E-state index is -1.22. The summed E-state index contributed by atoms with van der Waals surface area (Å²) in [5.74, 6) is 0. The molecule has 23 heteroatoms. The first-order chi connectivity index (χ1) is 13.8. The Morgan fingerprint density at radius 3 is 0.667 bits per heavy atom. The van der Waals surface area contributed by atoms with Crippen molar-refractivity contribution in [1.29, 1.82) is 0 Å². The molecule has 0 rings (SSSR count). The zero-order chi connectivity index (χ0) is 27.7. The van der Waals surface area contributed by atoms with Crippen molar-refractivity contribution in [3.8, 4) is 0 Å². The molecule has 0 saturated carbocycles. The Morgan fingerprint density at radius 2 is 0.485 bits per heavy atom. The Morgan fingerprint density at radius 1 is 0.303 bits per heavy atom. The van der Waals surface area contributed by atoms with Gasteiger partial charge in [0.2, 0.25) is 0 Å². The van der Waals surface area contributed by atoms with Gasteiger partial charge in [-0.2, -0.15) is 0 Å². The largest absolute Gasteiger partial charge is 0.492 e. The van der Waals surface area contributed by atoms with Crippen molar-refractivity contribution in [2.24, 2.45) is 0 Å². The quantitative estimate of drug-likeness (QED) is 0.166. The average Bonchev–Trinajstić information content (AvgIpc) is 2.59. The van der Waals surface area contributed by atoms with Gasteiger partial charge in [-0.05, 0) is 0 Å². The Kier molecular flexibility index (Phi) is 18.4. The smallest absolute Gasteiger partial charge is 0.0675 e. The van der Waals surface area contributed by atoms with Crippen molar-refractivity contribution in [2.75, 3.05) is 0 Å². The second kappa shape index (κ2) is 14.1. The van der Waals surface area contributed by atoms with Gasteiger partial charge in [0.15, 0.2) is 5.38 Å². The van der Waals surface area contributed by atoms with Crippen molar-refractivity contribution in [1.82, 2.24) is 0 Å². The molecule has 0 unspecified atom stereocenters. The maximum absolute atomic E-state index is 11.9. The van der Waals surface area contributed by atoms with Crippen LogP contribution in [-0.2, 0) is 15.9 Å². The average molecular weight is 1850 g/mol. The first kappa shape index (κ1) is 43.1. The molecule has 0 aliphatic heterocycles. The van der Waals surface area contributed by atoms with Gasteiger partial charge in [-0.25, -0.2) is 0 Å². The molecule has 0 bridgehead atoms. The highest BCUT2D eigenvalue weighted by atomic mass is 80.0. The van der Waals surface area contributed by atoms with E-state index in [9.17, 15) is 4.21 Å². The third kappa shape index (κ3) is 7.65. The third-order valence-electron chi connectivity index (χ3n) is 3.59. The Labute approximate surface area is 372 Å². The maximum atomic E-state index is 11.9. The van der Waals surface area contributed by atoms with Crippen LogP contribution >= 0.6 is 335 Å². The number of halogens is 21. The second-order valence-corrected chi connectivity index (χ2v) is 45.3. The molecule has 0 aromatic heterocycles. The predicted molar refractivity (Wildman–Crippen MR) is 223 cm³/mol. The molecule has 0 radical (unpaired) electrons. The van der Waals surface area contributed by atoms with Crippen molar-refractivity contribution in [3.05, 3.63) is 0 Å². The molecule has 1 nitrogen and oxygen atoms in total. The maximum Gasteiger partial charge on any atom is 0.492 e. The van der Waals surface area contributed by atoms with Crippen molar-refractivity contribution in [2.45, 2.75) is 30.6 Å². The van der Waals surface area contributed by atoms with E-state index in [-0.39, 0.29) is 11.7 Å². The van der Waals surface area contributed by atoms with Gasteiger partial charge in [0.1, 0.15) is 22.6 Å². The molecule has 0 atom stereocenters. The van der Waals surface area contributed by atoms with Crippen molar-refractivity contribution < 1.29 is 4.21 Å². The zero-order valence-electron chi connectivity index (χ0n) is 13.8. The fourth-order valence-corrected chi connectivity index (χ4v) is 21.4. The summed E-state index contributed by atoms with van der Waals surface area (Å²) in [6.07, 6.45) is 0. The number of hydrogen-bond donors (Lipinski definition) is 0. The summed E-state index contributed by atoms with van der Waals surface area (Å²) >= 11 is 78.2. The van der Waals surface area contributed by atoms with Crippen LogP contribution in [0.25, 0.3) is 0 Å². The van der Waals surface area contributed by atoms with E-state index in [1.54, 1.807) is 0 Å². The highest BCUT2D eigenvalue weighted by Crippen LogP contribution is 2.79. The standard InChI is InChI=1S/C10Br21OS/c11-1(12,3(15,16)5(19,20)7(23,24)9(27,28)29)2(13,14)4(17,18)6(21,22)8(25,26)10(30,31)33-32/q+1. The van der Waals surface area contributed by atoms with Gasteiger partial charge in [-0.3, -0.25) is 0 Å². The molecule has 0 saturated heterocycles. The van der Waals surface area contributed by atoms with E-state index < -0.39 is 30.6 Å². The number of hydrogen-bond acceptors (Lipinski definition) is 1. The molecule has 0 aromatic rings. The summed E-state index contributed by atoms with van der Waals surface area (Å²) in [5, 5.41) is 0. The molecular weight excluding hydrogens is 1850 g/mol. The van der Waals surface area contributed by atoms with Crippen LogP contribution in [0.3, 0.4) is 0 Å². The summed E-state index contributed by atoms with van der Waals surface area (Å²) in [7, 11) is 0. The van der Waals surface area contributed by atoms with Gasteiger partial charge in [-0.15, -0.1) is 0 Å². The molecule has 0 amide bonds. The van der Waals surface area contributed by atoms with Gasteiger partial charge in [0.05, 0.1) is 0 Å². The number of alkyl halides is 21. The van der Waals surface area contributed by atoms with E-state index in [1.165, 1.54) is 0 Å². The van der Waals surface area contributed by atoms with E-state index in [2.05, 4.69) is 335 Å².